The Labute approximate surface area is 189 Å². The molecule has 166 valence electrons. The number of hydrazine groups is 1. The van der Waals surface area contributed by atoms with Crippen molar-refractivity contribution in [2.24, 2.45) is 0 Å². The molecule has 9 nitrogen and oxygen atoms in total. The number of carbonyl (C=O) groups excluding carboxylic acids is 2. The van der Waals surface area contributed by atoms with Crippen molar-refractivity contribution < 1.29 is 18.0 Å². The largest absolute Gasteiger partial charge is 0.273 e. The highest BCUT2D eigenvalue weighted by molar-refractivity contribution is 7.90. The molecular formula is C21H21N5O4S2. The van der Waals surface area contributed by atoms with Gasteiger partial charge in [-0.1, -0.05) is 12.1 Å². The van der Waals surface area contributed by atoms with Gasteiger partial charge in [-0.2, -0.15) is 0 Å². The van der Waals surface area contributed by atoms with Crippen molar-refractivity contribution in [3.05, 3.63) is 59.5 Å². The standard InChI is InChI=1S/C21H21N5O4S2/c1-32(29,30)17-5-3-15(4-6-17)11-19(27)25-9-2-10-26(25)20(28)12-16-14-31-21(24-16)18-13-22-7-8-23-18/h3-8,13-14H,2,9-12H2,1H3. The third-order valence-corrected chi connectivity index (χ3v) is 7.02. The molecule has 0 N–H and O–H groups in total. The van der Waals surface area contributed by atoms with Gasteiger partial charge in [-0.05, 0) is 24.1 Å². The van der Waals surface area contributed by atoms with Crippen molar-refractivity contribution in [1.29, 1.82) is 0 Å². The summed E-state index contributed by atoms with van der Waals surface area (Å²) in [6.45, 7) is 0.937. The lowest BCUT2D eigenvalue weighted by atomic mass is 10.1. The van der Waals surface area contributed by atoms with Crippen LogP contribution < -0.4 is 0 Å². The maximum Gasteiger partial charge on any atom is 0.247 e. The topological polar surface area (TPSA) is 113 Å². The number of thiazole rings is 1. The quantitative estimate of drug-likeness (QED) is 0.538. The van der Waals surface area contributed by atoms with E-state index in [0.717, 1.165) is 6.26 Å². The zero-order valence-electron chi connectivity index (χ0n) is 17.3. The minimum Gasteiger partial charge on any atom is -0.273 e. The summed E-state index contributed by atoms with van der Waals surface area (Å²) >= 11 is 1.39. The molecule has 0 spiro atoms. The smallest absolute Gasteiger partial charge is 0.247 e. The average molecular weight is 472 g/mol. The fraction of sp³-hybridized carbons (Fsp3) is 0.286. The van der Waals surface area contributed by atoms with Gasteiger partial charge in [0.05, 0.1) is 29.6 Å². The lowest BCUT2D eigenvalue weighted by Gasteiger charge is -2.28. The van der Waals surface area contributed by atoms with Crippen molar-refractivity contribution in [1.82, 2.24) is 25.0 Å². The zero-order valence-corrected chi connectivity index (χ0v) is 19.0. The number of carbonyl (C=O) groups is 2. The summed E-state index contributed by atoms with van der Waals surface area (Å²) in [4.78, 5) is 38.6. The van der Waals surface area contributed by atoms with Crippen molar-refractivity contribution in [2.75, 3.05) is 19.3 Å². The van der Waals surface area contributed by atoms with Crippen LogP contribution in [0.15, 0.2) is 53.1 Å². The molecule has 1 fully saturated rings. The molecule has 1 saturated heterocycles. The highest BCUT2D eigenvalue weighted by atomic mass is 32.2. The molecule has 0 aliphatic carbocycles. The Balaban J connectivity index is 1.40. The highest BCUT2D eigenvalue weighted by Gasteiger charge is 2.31. The van der Waals surface area contributed by atoms with E-state index in [1.807, 2.05) is 5.38 Å². The minimum absolute atomic E-state index is 0.0847. The van der Waals surface area contributed by atoms with Gasteiger partial charge in [0.2, 0.25) is 11.8 Å². The third-order valence-electron chi connectivity index (χ3n) is 4.98. The molecule has 2 aromatic heterocycles. The van der Waals surface area contributed by atoms with E-state index in [2.05, 4.69) is 15.0 Å². The normalized spacial score (nSPS) is 14.0. The molecule has 0 radical (unpaired) electrons. The molecule has 1 aliphatic rings. The van der Waals surface area contributed by atoms with Gasteiger partial charge < -0.3 is 0 Å². The first-order chi connectivity index (χ1) is 15.3. The van der Waals surface area contributed by atoms with Crippen LogP contribution in [0, 0.1) is 0 Å². The lowest BCUT2D eigenvalue weighted by molar-refractivity contribution is -0.157. The Kier molecular flexibility index (Phi) is 6.28. The molecule has 4 rings (SSSR count). The average Bonchev–Trinajstić information content (AvgIpc) is 3.44. The molecule has 3 heterocycles. The summed E-state index contributed by atoms with van der Waals surface area (Å²) in [5, 5.41) is 5.46. The molecule has 1 aromatic carbocycles. The van der Waals surface area contributed by atoms with Crippen LogP contribution in [-0.4, -0.2) is 64.5 Å². The van der Waals surface area contributed by atoms with Gasteiger partial charge in [0, 0.05) is 37.1 Å². The van der Waals surface area contributed by atoms with Crippen molar-refractivity contribution in [3.63, 3.8) is 0 Å². The summed E-state index contributed by atoms with van der Waals surface area (Å²) in [7, 11) is -3.29. The number of nitrogens with zero attached hydrogens (tertiary/aromatic N) is 5. The van der Waals surface area contributed by atoms with E-state index in [1.165, 1.54) is 33.5 Å². The number of aromatic nitrogens is 3. The number of rotatable bonds is 6. The molecule has 3 aromatic rings. The molecule has 0 saturated carbocycles. The SMILES string of the molecule is CS(=O)(=O)c1ccc(CC(=O)N2CCCN2C(=O)Cc2csc(-c3cnccn3)n2)cc1. The molecule has 0 unspecified atom stereocenters. The number of hydrogen-bond donors (Lipinski definition) is 0. The van der Waals surface area contributed by atoms with Crippen LogP contribution in [0.3, 0.4) is 0 Å². The van der Waals surface area contributed by atoms with Gasteiger partial charge in [-0.25, -0.2) is 13.4 Å². The van der Waals surface area contributed by atoms with Crippen LogP contribution in [0.5, 0.6) is 0 Å². The first kappa shape index (κ1) is 22.0. The van der Waals surface area contributed by atoms with Crippen LogP contribution >= 0.6 is 11.3 Å². The first-order valence-corrected chi connectivity index (χ1v) is 12.7. The van der Waals surface area contributed by atoms with E-state index in [9.17, 15) is 18.0 Å². The summed E-state index contributed by atoms with van der Waals surface area (Å²) in [6.07, 6.45) is 6.80. The Morgan fingerprint density at radius 1 is 1.03 bits per heavy atom. The summed E-state index contributed by atoms with van der Waals surface area (Å²) in [5.74, 6) is -0.402. The van der Waals surface area contributed by atoms with Gasteiger partial charge in [-0.3, -0.25) is 29.6 Å². The van der Waals surface area contributed by atoms with Crippen molar-refractivity contribution in [3.8, 4) is 10.7 Å². The van der Waals surface area contributed by atoms with E-state index >= 15 is 0 Å². The Morgan fingerprint density at radius 2 is 1.72 bits per heavy atom. The van der Waals surface area contributed by atoms with Crippen LogP contribution in [0.25, 0.3) is 10.7 Å². The van der Waals surface area contributed by atoms with Crippen LogP contribution in [0.1, 0.15) is 17.7 Å². The summed E-state index contributed by atoms with van der Waals surface area (Å²) in [6, 6.07) is 6.23. The molecule has 32 heavy (non-hydrogen) atoms. The number of benzene rings is 1. The highest BCUT2D eigenvalue weighted by Crippen LogP contribution is 2.22. The lowest BCUT2D eigenvalue weighted by Crippen LogP contribution is -2.46. The van der Waals surface area contributed by atoms with Crippen molar-refractivity contribution in [2.45, 2.75) is 24.2 Å². The third kappa shape index (κ3) is 5.00. The van der Waals surface area contributed by atoms with E-state index in [4.69, 9.17) is 0 Å². The minimum atomic E-state index is -3.29. The van der Waals surface area contributed by atoms with E-state index < -0.39 is 9.84 Å². The second-order valence-corrected chi connectivity index (χ2v) is 10.3. The fourth-order valence-corrected chi connectivity index (χ4v) is 4.82. The van der Waals surface area contributed by atoms with E-state index in [1.54, 1.807) is 30.7 Å². The van der Waals surface area contributed by atoms with Gasteiger partial charge >= 0.3 is 0 Å². The van der Waals surface area contributed by atoms with Crippen LogP contribution in [-0.2, 0) is 32.3 Å². The van der Waals surface area contributed by atoms with Gasteiger partial charge in [0.25, 0.3) is 0 Å². The Morgan fingerprint density at radius 3 is 2.34 bits per heavy atom. The first-order valence-electron chi connectivity index (χ1n) is 9.92. The van der Waals surface area contributed by atoms with E-state index in [-0.39, 0.29) is 29.6 Å². The summed E-state index contributed by atoms with van der Waals surface area (Å²) in [5.41, 5.74) is 1.96. The zero-order chi connectivity index (χ0) is 22.7. The fourth-order valence-electron chi connectivity index (χ4n) is 3.41. The maximum absolute atomic E-state index is 12.9. The predicted octanol–water partition coefficient (Wildman–Crippen LogP) is 1.76. The van der Waals surface area contributed by atoms with Crippen molar-refractivity contribution >= 4 is 33.0 Å². The van der Waals surface area contributed by atoms with E-state index in [0.29, 0.717) is 41.5 Å². The monoisotopic (exact) mass is 471 g/mol. The summed E-state index contributed by atoms with van der Waals surface area (Å²) < 4.78 is 23.2. The second-order valence-electron chi connectivity index (χ2n) is 7.39. The number of amides is 2. The molecule has 11 heteroatoms. The van der Waals surface area contributed by atoms with Crippen LogP contribution in [0.2, 0.25) is 0 Å². The van der Waals surface area contributed by atoms with Gasteiger partial charge in [0.15, 0.2) is 9.84 Å². The Hall–Kier alpha value is -3.18. The predicted molar refractivity (Wildman–Crippen MR) is 118 cm³/mol. The molecular weight excluding hydrogens is 450 g/mol. The molecule has 0 bridgehead atoms. The number of hydrogen-bond acceptors (Lipinski definition) is 8. The molecule has 2 amide bonds. The number of sulfone groups is 1. The van der Waals surface area contributed by atoms with Gasteiger partial charge in [-0.15, -0.1) is 11.3 Å². The maximum atomic E-state index is 12.9. The van der Waals surface area contributed by atoms with Gasteiger partial charge in [0.1, 0.15) is 10.7 Å². The molecule has 0 atom stereocenters. The van der Waals surface area contributed by atoms with Crippen LogP contribution in [0.4, 0.5) is 0 Å². The Bertz CT molecular complexity index is 1230. The molecule has 1 aliphatic heterocycles. The second kappa shape index (κ2) is 9.13.